The molecule has 0 aromatic carbocycles. The van der Waals surface area contributed by atoms with Crippen molar-refractivity contribution in [2.24, 2.45) is 11.8 Å². The van der Waals surface area contributed by atoms with E-state index in [1.807, 2.05) is 13.1 Å². The van der Waals surface area contributed by atoms with E-state index in [9.17, 15) is 24.0 Å². The molecule has 0 aromatic heterocycles. The summed E-state index contributed by atoms with van der Waals surface area (Å²) >= 11 is 0. The van der Waals surface area contributed by atoms with E-state index in [1.54, 1.807) is 12.2 Å². The lowest BCUT2D eigenvalue weighted by molar-refractivity contribution is -0.341. The zero-order valence-electron chi connectivity index (χ0n) is 28.1. The van der Waals surface area contributed by atoms with Gasteiger partial charge in [-0.2, -0.15) is 0 Å². The van der Waals surface area contributed by atoms with Crippen LogP contribution in [-0.2, 0) is 66.3 Å². The van der Waals surface area contributed by atoms with E-state index in [4.69, 9.17) is 42.3 Å². The van der Waals surface area contributed by atoms with E-state index < -0.39 is 93.1 Å². The van der Waals surface area contributed by atoms with Crippen LogP contribution in [0.25, 0.3) is 0 Å². The predicted molar refractivity (Wildman–Crippen MR) is 161 cm³/mol. The number of hydrogen-bond acceptors (Lipinski definition) is 14. The maximum absolute atomic E-state index is 12.3. The molecule has 0 aromatic rings. The maximum Gasteiger partial charge on any atom is 0.303 e. The fourth-order valence-corrected chi connectivity index (χ4v) is 6.27. The standard InChI is InChI=1S/C31H46O14Si/c1-16(32)38-14-21-13-23(40-17(2)33)22-11-12-37-29(25(21)22)45-30-28(43-20(5)36)27(42-19(4)35)26(41-18(3)34)24(44-30)15-39-46(9,10)31(6,7)8/h11-13,22-30H,14-15H2,1-10H3/t22-,23+,24+,25+,26+,27-,28+,29-,30-/m0/s1. The number of ether oxygens (including phenoxy) is 8. The van der Waals surface area contributed by atoms with Crippen molar-refractivity contribution in [1.29, 1.82) is 0 Å². The Kier molecular flexibility index (Phi) is 12.2. The number of carbonyl (C=O) groups excluding carboxylic acids is 5. The number of fused-ring (bicyclic) bond motifs is 1. The van der Waals surface area contributed by atoms with E-state index in [0.29, 0.717) is 5.57 Å². The number of esters is 5. The molecule has 1 fully saturated rings. The average Bonchev–Trinajstić information content (AvgIpc) is 3.26. The summed E-state index contributed by atoms with van der Waals surface area (Å²) in [5, 5.41) is -0.174. The van der Waals surface area contributed by atoms with E-state index in [0.717, 1.165) is 6.92 Å². The zero-order chi connectivity index (χ0) is 34.6. The Morgan fingerprint density at radius 3 is 1.89 bits per heavy atom. The van der Waals surface area contributed by atoms with Crippen LogP contribution in [-0.4, -0.2) is 94.5 Å². The normalized spacial score (nSPS) is 30.7. The molecular formula is C31H46O14Si. The minimum absolute atomic E-state index is 0.0670. The summed E-state index contributed by atoms with van der Waals surface area (Å²) in [4.78, 5) is 60.5. The van der Waals surface area contributed by atoms with Crippen LogP contribution in [0, 0.1) is 11.8 Å². The summed E-state index contributed by atoms with van der Waals surface area (Å²) in [5.41, 5.74) is 0.563. The first-order chi connectivity index (χ1) is 21.3. The van der Waals surface area contributed by atoms with Crippen LogP contribution in [0.15, 0.2) is 24.0 Å². The van der Waals surface area contributed by atoms with E-state index in [1.165, 1.54) is 34.0 Å². The summed E-state index contributed by atoms with van der Waals surface area (Å²) in [6.45, 7) is 16.1. The van der Waals surface area contributed by atoms with E-state index in [2.05, 4.69) is 20.8 Å². The summed E-state index contributed by atoms with van der Waals surface area (Å²) in [5.74, 6) is -4.28. The van der Waals surface area contributed by atoms with Gasteiger partial charge in [0.15, 0.2) is 26.6 Å². The highest BCUT2D eigenvalue weighted by Crippen LogP contribution is 2.43. The van der Waals surface area contributed by atoms with Crippen LogP contribution in [0.4, 0.5) is 0 Å². The number of carbonyl (C=O) groups is 5. The molecule has 46 heavy (non-hydrogen) atoms. The SMILES string of the molecule is CC(=O)OCC1=C[C@@H](OC(C)=O)[C@@H]2C=CO[C@@H](O[C@@H]3O[C@H](CO[Si](C)(C)C(C)(C)C)[C@@H](OC(C)=O)[C@H](OC(C)=O)[C@H]3OC(C)=O)[C@H]12. The Labute approximate surface area is 270 Å². The molecular weight excluding hydrogens is 624 g/mol. The van der Waals surface area contributed by atoms with Gasteiger partial charge in [0.2, 0.25) is 12.6 Å². The molecule has 1 saturated heterocycles. The monoisotopic (exact) mass is 670 g/mol. The van der Waals surface area contributed by atoms with Crippen LogP contribution in [0.2, 0.25) is 18.1 Å². The molecule has 3 rings (SSSR count). The van der Waals surface area contributed by atoms with Gasteiger partial charge in [-0.1, -0.05) is 20.8 Å². The molecule has 0 N–H and O–H groups in total. The Hall–Kier alpha value is -3.27. The maximum atomic E-state index is 12.3. The van der Waals surface area contributed by atoms with Crippen LogP contribution in [0.3, 0.4) is 0 Å². The molecule has 0 saturated carbocycles. The zero-order valence-corrected chi connectivity index (χ0v) is 29.1. The van der Waals surface area contributed by atoms with Crippen LogP contribution < -0.4 is 0 Å². The van der Waals surface area contributed by atoms with Gasteiger partial charge in [0.1, 0.15) is 18.8 Å². The topological polar surface area (TPSA) is 168 Å². The first-order valence-electron chi connectivity index (χ1n) is 15.1. The molecule has 0 bridgehead atoms. The van der Waals surface area contributed by atoms with Crippen LogP contribution >= 0.6 is 0 Å². The Morgan fingerprint density at radius 2 is 1.35 bits per heavy atom. The molecule has 3 aliphatic rings. The van der Waals surface area contributed by atoms with Gasteiger partial charge in [-0.15, -0.1) is 0 Å². The first kappa shape index (κ1) is 37.2. The van der Waals surface area contributed by atoms with Crippen molar-refractivity contribution in [3.8, 4) is 0 Å². The summed E-state index contributed by atoms with van der Waals surface area (Å²) in [7, 11) is -2.37. The first-order valence-corrected chi connectivity index (χ1v) is 18.0. The highest BCUT2D eigenvalue weighted by molar-refractivity contribution is 6.74. The highest BCUT2D eigenvalue weighted by Gasteiger charge is 2.55. The van der Waals surface area contributed by atoms with Crippen molar-refractivity contribution >= 4 is 38.2 Å². The van der Waals surface area contributed by atoms with Gasteiger partial charge in [-0.05, 0) is 35.9 Å². The highest BCUT2D eigenvalue weighted by atomic mass is 28.4. The van der Waals surface area contributed by atoms with Crippen molar-refractivity contribution in [3.63, 3.8) is 0 Å². The largest absolute Gasteiger partial charge is 0.472 e. The quantitative estimate of drug-likeness (QED) is 0.136. The molecule has 0 amide bonds. The Balaban J connectivity index is 2.02. The average molecular weight is 671 g/mol. The number of rotatable bonds is 11. The summed E-state index contributed by atoms with van der Waals surface area (Å²) < 4.78 is 52.6. The molecule has 2 heterocycles. The second-order valence-electron chi connectivity index (χ2n) is 13.0. The van der Waals surface area contributed by atoms with Gasteiger partial charge >= 0.3 is 29.8 Å². The van der Waals surface area contributed by atoms with Crippen molar-refractivity contribution in [2.45, 2.75) is 117 Å². The third-order valence-electron chi connectivity index (χ3n) is 8.33. The van der Waals surface area contributed by atoms with Crippen molar-refractivity contribution in [3.05, 3.63) is 24.0 Å². The minimum atomic E-state index is -2.37. The molecule has 2 aliphatic heterocycles. The van der Waals surface area contributed by atoms with Gasteiger partial charge in [-0.25, -0.2) is 0 Å². The molecule has 0 radical (unpaired) electrons. The fourth-order valence-electron chi connectivity index (χ4n) is 5.26. The second kappa shape index (κ2) is 15.1. The molecule has 9 atom stereocenters. The van der Waals surface area contributed by atoms with Crippen molar-refractivity contribution in [1.82, 2.24) is 0 Å². The lowest BCUT2D eigenvalue weighted by Gasteiger charge is -2.46. The fraction of sp³-hybridized carbons (Fsp3) is 0.710. The van der Waals surface area contributed by atoms with Gasteiger partial charge in [0.25, 0.3) is 0 Å². The molecule has 258 valence electrons. The molecule has 1 aliphatic carbocycles. The van der Waals surface area contributed by atoms with Gasteiger partial charge in [-0.3, -0.25) is 24.0 Å². The van der Waals surface area contributed by atoms with Gasteiger partial charge in [0.05, 0.1) is 18.8 Å². The molecule has 15 heteroatoms. The summed E-state index contributed by atoms with van der Waals surface area (Å²) in [6, 6.07) is 0. The second-order valence-corrected chi connectivity index (χ2v) is 17.8. The molecule has 0 unspecified atom stereocenters. The third kappa shape index (κ3) is 9.39. The predicted octanol–water partition coefficient (Wildman–Crippen LogP) is 3.08. The molecule has 0 spiro atoms. The van der Waals surface area contributed by atoms with E-state index >= 15 is 0 Å². The molecule has 14 nitrogen and oxygen atoms in total. The lowest BCUT2D eigenvalue weighted by atomic mass is 9.88. The Morgan fingerprint density at radius 1 is 0.783 bits per heavy atom. The Bertz CT molecular complexity index is 1220. The van der Waals surface area contributed by atoms with Gasteiger partial charge in [0, 0.05) is 40.5 Å². The van der Waals surface area contributed by atoms with E-state index in [-0.39, 0.29) is 18.3 Å². The van der Waals surface area contributed by atoms with Crippen LogP contribution in [0.5, 0.6) is 0 Å². The lowest BCUT2D eigenvalue weighted by Crippen LogP contribution is -2.64. The smallest absolute Gasteiger partial charge is 0.303 e. The van der Waals surface area contributed by atoms with Crippen molar-refractivity contribution in [2.75, 3.05) is 13.2 Å². The summed E-state index contributed by atoms with van der Waals surface area (Å²) in [6.07, 6.45) is -3.50. The minimum Gasteiger partial charge on any atom is -0.472 e. The third-order valence-corrected chi connectivity index (χ3v) is 12.8. The van der Waals surface area contributed by atoms with Gasteiger partial charge < -0.3 is 42.3 Å². The van der Waals surface area contributed by atoms with Crippen LogP contribution in [0.1, 0.15) is 55.4 Å². The number of hydrogen-bond donors (Lipinski definition) is 0. The van der Waals surface area contributed by atoms with Crippen molar-refractivity contribution < 1.29 is 66.3 Å².